The first-order chi connectivity index (χ1) is 16.4. The van der Waals surface area contributed by atoms with Gasteiger partial charge in [-0.1, -0.05) is 44.4 Å². The molecule has 1 aliphatic carbocycles. The number of aromatic nitrogens is 2. The molecule has 0 spiro atoms. The SMILES string of the molecule is CCN1CCN(c2nc(SC)nc(NNC(=O)[C@H](CCC3CCCC3)CN(O)C=O)c2F)CC1. The van der Waals surface area contributed by atoms with Gasteiger partial charge in [0, 0.05) is 26.2 Å². The number of carbonyl (C=O) groups is 2. The Bertz CT molecular complexity index is 820. The summed E-state index contributed by atoms with van der Waals surface area (Å²) in [6, 6.07) is 0. The van der Waals surface area contributed by atoms with Crippen LogP contribution in [0.5, 0.6) is 0 Å². The normalized spacial score (nSPS) is 18.1. The molecule has 0 aromatic carbocycles. The first-order valence-corrected chi connectivity index (χ1v) is 13.2. The molecule has 190 valence electrons. The smallest absolute Gasteiger partial charge is 0.243 e. The lowest BCUT2D eigenvalue weighted by atomic mass is 9.94. The molecular formula is C22H36FN7O3S. The Morgan fingerprint density at radius 3 is 2.62 bits per heavy atom. The van der Waals surface area contributed by atoms with Gasteiger partial charge in [-0.2, -0.15) is 4.39 Å². The van der Waals surface area contributed by atoms with Crippen molar-refractivity contribution in [1.29, 1.82) is 0 Å². The predicted molar refractivity (Wildman–Crippen MR) is 129 cm³/mol. The molecule has 1 aromatic rings. The van der Waals surface area contributed by atoms with Gasteiger partial charge in [-0.25, -0.2) is 15.0 Å². The number of amides is 2. The standard InChI is InChI=1S/C22H36FN7O3S/c1-3-28-10-12-29(13-11-28)20-18(23)19(24-22(25-20)34-2)26-27-21(32)17(14-30(33)15-31)9-8-16-6-4-5-7-16/h15-17,33H,3-14H2,1-2H3,(H,27,32)(H,24,25,26)/t17-/m1/s1. The molecule has 1 aromatic heterocycles. The highest BCUT2D eigenvalue weighted by Crippen LogP contribution is 2.30. The maximum Gasteiger partial charge on any atom is 0.243 e. The average Bonchev–Trinajstić information content (AvgIpc) is 3.39. The number of hydrogen-bond donors (Lipinski definition) is 3. The van der Waals surface area contributed by atoms with Crippen LogP contribution >= 0.6 is 11.8 Å². The lowest BCUT2D eigenvalue weighted by Crippen LogP contribution is -2.47. The molecule has 12 heteroatoms. The fraction of sp³-hybridized carbons (Fsp3) is 0.727. The lowest BCUT2D eigenvalue weighted by Gasteiger charge is -2.35. The van der Waals surface area contributed by atoms with Gasteiger partial charge in [-0.3, -0.25) is 25.6 Å². The van der Waals surface area contributed by atoms with Crippen molar-refractivity contribution in [3.63, 3.8) is 0 Å². The number of nitrogens with zero attached hydrogens (tertiary/aromatic N) is 5. The van der Waals surface area contributed by atoms with E-state index in [1.165, 1.54) is 24.6 Å². The van der Waals surface area contributed by atoms with Gasteiger partial charge < -0.3 is 9.80 Å². The van der Waals surface area contributed by atoms with Crippen LogP contribution < -0.4 is 15.8 Å². The summed E-state index contributed by atoms with van der Waals surface area (Å²) in [6.45, 7) is 5.89. The summed E-state index contributed by atoms with van der Waals surface area (Å²) >= 11 is 1.29. The summed E-state index contributed by atoms with van der Waals surface area (Å²) < 4.78 is 15.3. The maximum absolute atomic E-state index is 15.3. The van der Waals surface area contributed by atoms with E-state index in [0.717, 1.165) is 38.9 Å². The van der Waals surface area contributed by atoms with E-state index in [1.807, 2.05) is 11.2 Å². The molecule has 0 bridgehead atoms. The van der Waals surface area contributed by atoms with E-state index < -0.39 is 17.6 Å². The lowest BCUT2D eigenvalue weighted by molar-refractivity contribution is -0.154. The summed E-state index contributed by atoms with van der Waals surface area (Å²) in [5, 5.41) is 10.5. The third-order valence-electron chi connectivity index (χ3n) is 6.72. The highest BCUT2D eigenvalue weighted by atomic mass is 32.2. The molecule has 0 unspecified atom stereocenters. The van der Waals surface area contributed by atoms with Crippen LogP contribution in [0.4, 0.5) is 16.0 Å². The first-order valence-electron chi connectivity index (χ1n) is 12.0. The Labute approximate surface area is 204 Å². The highest BCUT2D eigenvalue weighted by molar-refractivity contribution is 7.98. The summed E-state index contributed by atoms with van der Waals surface area (Å²) in [5.41, 5.74) is 5.16. The molecule has 2 fully saturated rings. The van der Waals surface area contributed by atoms with Crippen LogP contribution in [0.15, 0.2) is 5.16 Å². The third kappa shape index (κ3) is 7.16. The molecule has 0 radical (unpaired) electrons. The average molecular weight is 498 g/mol. The Morgan fingerprint density at radius 1 is 1.29 bits per heavy atom. The topological polar surface area (TPSA) is 114 Å². The maximum atomic E-state index is 15.3. The first kappa shape index (κ1) is 26.4. The van der Waals surface area contributed by atoms with E-state index in [-0.39, 0.29) is 24.6 Å². The monoisotopic (exact) mass is 497 g/mol. The van der Waals surface area contributed by atoms with E-state index >= 15 is 4.39 Å². The van der Waals surface area contributed by atoms with E-state index in [1.54, 1.807) is 0 Å². The summed E-state index contributed by atoms with van der Waals surface area (Å²) in [6.07, 6.45) is 8.14. The number of halogens is 1. The quantitative estimate of drug-likeness (QED) is 0.132. The zero-order chi connectivity index (χ0) is 24.5. The number of piperazine rings is 1. The van der Waals surface area contributed by atoms with Gasteiger partial charge in [0.2, 0.25) is 18.1 Å². The number of nitrogens with one attached hydrogen (secondary N) is 2. The van der Waals surface area contributed by atoms with Crippen LogP contribution in [0.2, 0.25) is 0 Å². The summed E-state index contributed by atoms with van der Waals surface area (Å²) in [4.78, 5) is 36.5. The molecule has 34 heavy (non-hydrogen) atoms. The molecule has 2 aliphatic rings. The van der Waals surface area contributed by atoms with Crippen molar-refractivity contribution in [2.75, 3.05) is 55.9 Å². The van der Waals surface area contributed by atoms with E-state index in [4.69, 9.17) is 0 Å². The molecular weight excluding hydrogens is 461 g/mol. The van der Waals surface area contributed by atoms with Crippen molar-refractivity contribution in [3.05, 3.63) is 5.82 Å². The van der Waals surface area contributed by atoms with Crippen LogP contribution in [0, 0.1) is 17.7 Å². The fourth-order valence-electron chi connectivity index (χ4n) is 4.61. The van der Waals surface area contributed by atoms with Crippen molar-refractivity contribution < 1.29 is 19.2 Å². The number of carbonyl (C=O) groups excluding carboxylic acids is 2. The Hall–Kier alpha value is -2.18. The van der Waals surface area contributed by atoms with Crippen molar-refractivity contribution in [1.82, 2.24) is 25.4 Å². The van der Waals surface area contributed by atoms with Gasteiger partial charge >= 0.3 is 0 Å². The van der Waals surface area contributed by atoms with Crippen molar-refractivity contribution in [3.8, 4) is 0 Å². The minimum absolute atomic E-state index is 0.105. The summed E-state index contributed by atoms with van der Waals surface area (Å²) in [5.74, 6) is -1.01. The predicted octanol–water partition coefficient (Wildman–Crippen LogP) is 2.36. The largest absolute Gasteiger partial charge is 0.351 e. The number of anilines is 2. The molecule has 1 aliphatic heterocycles. The number of hydrogen-bond acceptors (Lipinski definition) is 9. The summed E-state index contributed by atoms with van der Waals surface area (Å²) in [7, 11) is 0. The minimum atomic E-state index is -0.630. The molecule has 3 rings (SSSR count). The second kappa shape index (κ2) is 13.1. The second-order valence-corrected chi connectivity index (χ2v) is 9.66. The van der Waals surface area contributed by atoms with E-state index in [2.05, 4.69) is 32.6 Å². The molecule has 1 saturated heterocycles. The zero-order valence-electron chi connectivity index (χ0n) is 20.0. The van der Waals surface area contributed by atoms with Crippen LogP contribution in [0.1, 0.15) is 45.4 Å². The molecule has 1 saturated carbocycles. The fourth-order valence-corrected chi connectivity index (χ4v) is 4.97. The molecule has 2 heterocycles. The Balaban J connectivity index is 1.67. The van der Waals surface area contributed by atoms with Crippen LogP contribution in [0.25, 0.3) is 0 Å². The number of thioether (sulfide) groups is 1. The van der Waals surface area contributed by atoms with Gasteiger partial charge in [0.1, 0.15) is 0 Å². The second-order valence-electron chi connectivity index (χ2n) is 8.88. The number of hydroxylamine groups is 2. The Kier molecular flexibility index (Phi) is 10.1. The number of hydrazine groups is 1. The van der Waals surface area contributed by atoms with Crippen molar-refractivity contribution in [2.24, 2.45) is 11.8 Å². The minimum Gasteiger partial charge on any atom is -0.351 e. The molecule has 10 nitrogen and oxygen atoms in total. The van der Waals surface area contributed by atoms with Crippen LogP contribution in [0.3, 0.4) is 0 Å². The van der Waals surface area contributed by atoms with Gasteiger partial charge in [0.25, 0.3) is 0 Å². The van der Waals surface area contributed by atoms with Gasteiger partial charge in [-0.15, -0.1) is 0 Å². The molecule has 2 amide bonds. The van der Waals surface area contributed by atoms with Crippen LogP contribution in [-0.2, 0) is 9.59 Å². The number of likely N-dealkylation sites (N-methyl/N-ethyl adjacent to an activating group) is 1. The van der Waals surface area contributed by atoms with Crippen LogP contribution in [-0.4, -0.2) is 83.0 Å². The Morgan fingerprint density at radius 2 is 2.00 bits per heavy atom. The number of rotatable bonds is 12. The van der Waals surface area contributed by atoms with Crippen molar-refractivity contribution in [2.45, 2.75) is 50.6 Å². The van der Waals surface area contributed by atoms with E-state index in [0.29, 0.717) is 35.6 Å². The molecule has 1 atom stereocenters. The van der Waals surface area contributed by atoms with Gasteiger partial charge in [-0.05, 0) is 31.6 Å². The zero-order valence-corrected chi connectivity index (χ0v) is 20.8. The van der Waals surface area contributed by atoms with Crippen molar-refractivity contribution >= 4 is 35.7 Å². The van der Waals surface area contributed by atoms with E-state index in [9.17, 15) is 14.8 Å². The molecule has 3 N–H and O–H groups in total. The third-order valence-corrected chi connectivity index (χ3v) is 7.26. The highest BCUT2D eigenvalue weighted by Gasteiger charge is 2.26. The van der Waals surface area contributed by atoms with Gasteiger partial charge in [0.05, 0.1) is 12.5 Å². The van der Waals surface area contributed by atoms with Gasteiger partial charge in [0.15, 0.2) is 16.8 Å².